The van der Waals surface area contributed by atoms with Gasteiger partial charge in [0.1, 0.15) is 22.5 Å². The Morgan fingerprint density at radius 1 is 0.706 bits per heavy atom. The summed E-state index contributed by atoms with van der Waals surface area (Å²) in [5.41, 5.74) is 17.3. The minimum Gasteiger partial charge on any atom is -0.476 e. The molecule has 0 spiro atoms. The number of carbonyl (C=O) groups excluding carboxylic acids is 2. The second kappa shape index (κ2) is 18.0. The molecule has 6 aromatic rings. The normalized spacial score (nSPS) is 18.6. The molecule has 22 heteroatoms. The second-order valence-electron chi connectivity index (χ2n) is 18.2. The fraction of sp³-hybridized carbons (Fsp3) is 0.435. The highest BCUT2D eigenvalue weighted by Gasteiger charge is 2.39. The van der Waals surface area contributed by atoms with Crippen LogP contribution in [0.2, 0.25) is 0 Å². The van der Waals surface area contributed by atoms with Crippen LogP contribution in [0.3, 0.4) is 0 Å². The number of fused-ring (bicyclic) bond motifs is 4. The minimum atomic E-state index is -0.928. The Hall–Kier alpha value is -7.39. The number of nitrogens with zero attached hydrogens (tertiary/aromatic N) is 9. The summed E-state index contributed by atoms with van der Waals surface area (Å²) >= 11 is 0. The van der Waals surface area contributed by atoms with Crippen LogP contribution in [0.25, 0.3) is 32.6 Å². The van der Waals surface area contributed by atoms with E-state index in [-0.39, 0.29) is 24.0 Å². The van der Waals surface area contributed by atoms with Gasteiger partial charge in [0.25, 0.3) is 11.8 Å². The molecule has 2 fully saturated rings. The number of aromatic nitrogens is 4. The molecule has 10 rings (SSSR count). The van der Waals surface area contributed by atoms with Crippen LogP contribution in [-0.4, -0.2) is 108 Å². The number of nitrogens with one attached hydrogen (secondary N) is 4. The highest BCUT2D eigenvalue weighted by Crippen LogP contribution is 2.39. The first-order valence-corrected chi connectivity index (χ1v) is 22.3. The first-order chi connectivity index (χ1) is 32.6. The average molecular weight is 931 g/mol. The highest BCUT2D eigenvalue weighted by molar-refractivity contribution is 6.01. The second-order valence-corrected chi connectivity index (χ2v) is 18.2. The number of ether oxygens (including phenoxy) is 4. The van der Waals surface area contributed by atoms with Gasteiger partial charge in [-0.2, -0.15) is 9.97 Å². The molecule has 4 aromatic heterocycles. The van der Waals surface area contributed by atoms with Crippen LogP contribution >= 0.6 is 0 Å². The zero-order valence-corrected chi connectivity index (χ0v) is 38.7. The number of piperidine rings is 2. The van der Waals surface area contributed by atoms with Gasteiger partial charge in [0.05, 0.1) is 41.6 Å². The number of benzene rings is 2. The average Bonchev–Trinajstić information content (AvgIpc) is 4.02. The SMILES string of the molecule is COC1(CN)CCN(c2nc(Nc3ccc4c(c3)NC(=O)C(C)(C)O4)nc3ccoc23)CC1.COC1(CN=[N+]=[N-])CCN(c2nc(Nc3ccc4c(c3)NC(=O)C(C)(C)O4)nc3ccoc23)CC1. The monoisotopic (exact) mass is 930 g/mol. The number of azide groups is 1. The molecule has 0 unspecified atom stereocenters. The molecule has 4 aliphatic rings. The molecule has 0 saturated carbocycles. The largest absolute Gasteiger partial charge is 0.476 e. The lowest BCUT2D eigenvalue weighted by Crippen LogP contribution is -2.50. The molecule has 0 aliphatic carbocycles. The Kier molecular flexibility index (Phi) is 12.1. The molecule has 0 atom stereocenters. The van der Waals surface area contributed by atoms with Gasteiger partial charge in [-0.05, 0) is 95.3 Å². The van der Waals surface area contributed by atoms with Crippen molar-refractivity contribution in [2.45, 2.75) is 75.8 Å². The number of carbonyl (C=O) groups is 2. The van der Waals surface area contributed by atoms with E-state index < -0.39 is 16.8 Å². The Morgan fingerprint density at radius 2 is 1.15 bits per heavy atom. The number of methoxy groups -OCH3 is 2. The predicted octanol–water partition coefficient (Wildman–Crippen LogP) is 7.39. The summed E-state index contributed by atoms with van der Waals surface area (Å²) in [7, 11) is 3.36. The van der Waals surface area contributed by atoms with Crippen molar-refractivity contribution in [3.05, 3.63) is 71.5 Å². The van der Waals surface area contributed by atoms with E-state index in [9.17, 15) is 9.59 Å². The Morgan fingerprint density at radius 3 is 1.56 bits per heavy atom. The van der Waals surface area contributed by atoms with Gasteiger partial charge in [0, 0.05) is 75.4 Å². The molecule has 68 heavy (non-hydrogen) atoms. The molecule has 0 radical (unpaired) electrons. The van der Waals surface area contributed by atoms with Crippen molar-refractivity contribution in [1.82, 2.24) is 19.9 Å². The molecule has 2 saturated heterocycles. The van der Waals surface area contributed by atoms with Gasteiger partial charge in [-0.3, -0.25) is 9.59 Å². The Labute approximate surface area is 390 Å². The third-order valence-corrected chi connectivity index (χ3v) is 13.0. The summed E-state index contributed by atoms with van der Waals surface area (Å²) in [4.78, 5) is 50.4. The number of amides is 2. The van der Waals surface area contributed by atoms with Gasteiger partial charge >= 0.3 is 0 Å². The molecule has 22 nitrogen and oxygen atoms in total. The maximum Gasteiger partial charge on any atom is 0.268 e. The highest BCUT2D eigenvalue weighted by atomic mass is 16.5. The van der Waals surface area contributed by atoms with E-state index >= 15 is 0 Å². The molecule has 6 N–H and O–H groups in total. The van der Waals surface area contributed by atoms with E-state index in [1.54, 1.807) is 78.7 Å². The molecule has 4 aliphatic heterocycles. The molecule has 0 bridgehead atoms. The van der Waals surface area contributed by atoms with Gasteiger partial charge in [-0.15, -0.1) is 0 Å². The van der Waals surface area contributed by atoms with Gasteiger partial charge in [-0.25, -0.2) is 9.97 Å². The van der Waals surface area contributed by atoms with Gasteiger partial charge < -0.3 is 64.6 Å². The van der Waals surface area contributed by atoms with Crippen molar-refractivity contribution in [1.29, 1.82) is 0 Å². The molecule has 8 heterocycles. The van der Waals surface area contributed by atoms with Gasteiger partial charge in [-0.1, -0.05) is 5.11 Å². The number of rotatable bonds is 11. The topological polar surface area (TPSA) is 278 Å². The maximum atomic E-state index is 12.3. The lowest BCUT2D eigenvalue weighted by molar-refractivity contribution is -0.130. The predicted molar refractivity (Wildman–Crippen MR) is 255 cm³/mol. The summed E-state index contributed by atoms with van der Waals surface area (Å²) in [6, 6.07) is 14.5. The van der Waals surface area contributed by atoms with Crippen molar-refractivity contribution < 1.29 is 37.4 Å². The van der Waals surface area contributed by atoms with Crippen LogP contribution in [0.4, 0.5) is 46.3 Å². The standard InChI is InChI=1S/C23H26N8O4.C23H28N6O4/c1-22(2)20(32)27-16-12-14(4-5-17(16)35-22)26-21-28-15-6-11-34-18(15)19(29-21)31-9-7-23(33-3,8-10-31)13-25-30-24;1-22(2)20(30)26-16-12-14(4-5-17(16)33-22)25-21-27-15-6-11-32-18(15)19(28-21)29-9-7-23(13-24,31-3)8-10-29/h4-6,11-12H,7-10,13H2,1-3H3,(H,27,32)(H,26,28,29);4-6,11-12H,7-10,13,24H2,1-3H3,(H,26,30)(H,25,27,28). The fourth-order valence-electron chi connectivity index (χ4n) is 8.60. The van der Waals surface area contributed by atoms with E-state index in [4.69, 9.17) is 49.0 Å². The quantitative estimate of drug-likeness (QED) is 0.0481. The molecule has 2 aromatic carbocycles. The Balaban J connectivity index is 0.000000170. The van der Waals surface area contributed by atoms with E-state index in [2.05, 4.69) is 51.1 Å². The Bertz CT molecular complexity index is 2910. The van der Waals surface area contributed by atoms with Crippen molar-refractivity contribution in [2.24, 2.45) is 10.8 Å². The maximum absolute atomic E-state index is 12.3. The number of hydrogen-bond acceptors (Lipinski definition) is 18. The number of anilines is 8. The summed E-state index contributed by atoms with van der Waals surface area (Å²) in [5.74, 6) is 3.05. The minimum absolute atomic E-state index is 0.194. The first-order valence-electron chi connectivity index (χ1n) is 22.3. The number of nitrogens with two attached hydrogens (primary N) is 1. The molecule has 356 valence electrons. The van der Waals surface area contributed by atoms with Crippen LogP contribution in [0, 0.1) is 0 Å². The molecular formula is C46H54N14O8. The van der Waals surface area contributed by atoms with Crippen LogP contribution in [0.15, 0.2) is 75.0 Å². The van der Waals surface area contributed by atoms with Gasteiger partial charge in [0.15, 0.2) is 34.0 Å². The molecular weight excluding hydrogens is 877 g/mol. The van der Waals surface area contributed by atoms with Crippen LogP contribution in [0.1, 0.15) is 53.4 Å². The van der Waals surface area contributed by atoms with Crippen molar-refractivity contribution in [3.8, 4) is 11.5 Å². The van der Waals surface area contributed by atoms with Crippen LogP contribution in [0.5, 0.6) is 11.5 Å². The van der Waals surface area contributed by atoms with Crippen molar-refractivity contribution in [2.75, 3.05) is 84.6 Å². The zero-order valence-electron chi connectivity index (χ0n) is 38.7. The number of furan rings is 2. The number of hydrogen-bond donors (Lipinski definition) is 5. The fourth-order valence-corrected chi connectivity index (χ4v) is 8.60. The third kappa shape index (κ3) is 9.05. The summed E-state index contributed by atoms with van der Waals surface area (Å²) in [6.45, 7) is 10.5. The zero-order chi connectivity index (χ0) is 47.8. The summed E-state index contributed by atoms with van der Waals surface area (Å²) < 4.78 is 34.4. The van der Waals surface area contributed by atoms with Crippen LogP contribution in [-0.2, 0) is 19.1 Å². The van der Waals surface area contributed by atoms with E-state index in [0.29, 0.717) is 101 Å². The van der Waals surface area contributed by atoms with E-state index in [0.717, 1.165) is 37.4 Å². The lowest BCUT2D eigenvalue weighted by Gasteiger charge is -2.40. The van der Waals surface area contributed by atoms with E-state index in [1.165, 1.54) is 0 Å². The van der Waals surface area contributed by atoms with Crippen molar-refractivity contribution >= 4 is 80.3 Å². The summed E-state index contributed by atoms with van der Waals surface area (Å²) in [5, 5.41) is 16.0. The third-order valence-electron chi connectivity index (χ3n) is 13.0. The first kappa shape index (κ1) is 45.8. The van der Waals surface area contributed by atoms with Crippen LogP contribution < -0.4 is 46.3 Å². The lowest BCUT2D eigenvalue weighted by atomic mass is 9.91. The smallest absolute Gasteiger partial charge is 0.268 e. The van der Waals surface area contributed by atoms with E-state index in [1.807, 2.05) is 24.3 Å². The van der Waals surface area contributed by atoms with Crippen molar-refractivity contribution in [3.63, 3.8) is 0 Å². The van der Waals surface area contributed by atoms with Gasteiger partial charge in [0.2, 0.25) is 11.9 Å². The summed E-state index contributed by atoms with van der Waals surface area (Å²) in [6.07, 6.45) is 6.16. The molecule has 2 amide bonds.